The summed E-state index contributed by atoms with van der Waals surface area (Å²) in [6.07, 6.45) is 0. The molecule has 2 rings (SSSR count). The van der Waals surface area contributed by atoms with Gasteiger partial charge in [-0.15, -0.1) is 11.8 Å². The van der Waals surface area contributed by atoms with Crippen LogP contribution in [0.25, 0.3) is 0 Å². The Morgan fingerprint density at radius 2 is 1.68 bits per heavy atom. The maximum atomic E-state index is 12.8. The Balaban J connectivity index is 1.83. The van der Waals surface area contributed by atoms with Crippen molar-refractivity contribution in [3.63, 3.8) is 0 Å². The van der Waals surface area contributed by atoms with Crippen LogP contribution < -0.4 is 14.8 Å². The third-order valence-electron chi connectivity index (χ3n) is 3.30. The molecule has 5 nitrogen and oxygen atoms in total. The number of nitrogens with one attached hydrogen (secondary N) is 1. The molecule has 0 radical (unpaired) electrons. The van der Waals surface area contributed by atoms with Gasteiger partial charge in [-0.25, -0.2) is 4.39 Å². The minimum atomic E-state index is -0.368. The van der Waals surface area contributed by atoms with Crippen LogP contribution in [0.4, 0.5) is 10.1 Å². The quantitative estimate of drug-likeness (QED) is 0.728. The highest BCUT2D eigenvalue weighted by atomic mass is 32.2. The van der Waals surface area contributed by atoms with Crippen LogP contribution >= 0.6 is 11.8 Å². The summed E-state index contributed by atoms with van der Waals surface area (Å²) in [7, 11) is 3.02. The zero-order chi connectivity index (χ0) is 18.2. The summed E-state index contributed by atoms with van der Waals surface area (Å²) < 4.78 is 23.1. The monoisotopic (exact) mass is 363 g/mol. The molecule has 0 aliphatic rings. The Kier molecular flexibility index (Phi) is 6.82. The molecular weight excluding hydrogens is 345 g/mol. The lowest BCUT2D eigenvalue weighted by molar-refractivity contribution is -0.113. The molecule has 0 unspecified atom stereocenters. The van der Waals surface area contributed by atoms with Crippen molar-refractivity contribution >= 4 is 29.1 Å². The van der Waals surface area contributed by atoms with Gasteiger partial charge in [0.2, 0.25) is 5.91 Å². The Labute approximate surface area is 149 Å². The fourth-order valence-electron chi connectivity index (χ4n) is 2.06. The Morgan fingerprint density at radius 1 is 1.00 bits per heavy atom. The number of carbonyl (C=O) groups excluding carboxylic acids is 2. The van der Waals surface area contributed by atoms with Gasteiger partial charge < -0.3 is 14.8 Å². The van der Waals surface area contributed by atoms with Crippen LogP contribution in [0, 0.1) is 5.82 Å². The average Bonchev–Trinajstić information content (AvgIpc) is 2.62. The van der Waals surface area contributed by atoms with Crippen molar-refractivity contribution in [2.45, 2.75) is 0 Å². The SMILES string of the molecule is COc1ccc(C(=O)CSCC(=O)Nc2ccc(F)cc2)cc1OC. The lowest BCUT2D eigenvalue weighted by Crippen LogP contribution is -2.15. The van der Waals surface area contributed by atoms with Crippen molar-refractivity contribution in [3.8, 4) is 11.5 Å². The maximum absolute atomic E-state index is 12.8. The first-order chi connectivity index (χ1) is 12.0. The number of thioether (sulfide) groups is 1. The van der Waals surface area contributed by atoms with Gasteiger partial charge >= 0.3 is 0 Å². The summed E-state index contributed by atoms with van der Waals surface area (Å²) in [5.41, 5.74) is 1.00. The van der Waals surface area contributed by atoms with E-state index in [1.165, 1.54) is 50.2 Å². The standard InChI is InChI=1S/C18H18FNO4S/c1-23-16-8-3-12(9-17(16)24-2)15(21)10-25-11-18(22)20-14-6-4-13(19)5-7-14/h3-9H,10-11H2,1-2H3,(H,20,22). The zero-order valence-electron chi connectivity index (χ0n) is 13.9. The molecule has 0 aromatic heterocycles. The second kappa shape index (κ2) is 9.08. The van der Waals surface area contributed by atoms with Gasteiger partial charge in [0.05, 0.1) is 25.7 Å². The smallest absolute Gasteiger partial charge is 0.234 e. The molecule has 0 fully saturated rings. The largest absolute Gasteiger partial charge is 0.493 e. The molecule has 25 heavy (non-hydrogen) atoms. The number of ether oxygens (including phenoxy) is 2. The second-order valence-corrected chi connectivity index (χ2v) is 6.03. The van der Waals surface area contributed by atoms with Crippen LogP contribution in [0.5, 0.6) is 11.5 Å². The Hall–Kier alpha value is -2.54. The summed E-state index contributed by atoms with van der Waals surface area (Å²) >= 11 is 1.20. The molecule has 0 saturated carbocycles. The van der Waals surface area contributed by atoms with Crippen molar-refractivity contribution in [2.24, 2.45) is 0 Å². The second-order valence-electron chi connectivity index (χ2n) is 5.04. The lowest BCUT2D eigenvalue weighted by Gasteiger charge is -2.09. The highest BCUT2D eigenvalue weighted by Gasteiger charge is 2.12. The van der Waals surface area contributed by atoms with Gasteiger partial charge in [0, 0.05) is 11.3 Å². The fraction of sp³-hybridized carbons (Fsp3) is 0.222. The first-order valence-electron chi connectivity index (χ1n) is 7.42. The molecule has 1 amide bonds. The number of anilines is 1. The van der Waals surface area contributed by atoms with E-state index in [0.29, 0.717) is 22.7 Å². The van der Waals surface area contributed by atoms with Crippen molar-refractivity contribution in [1.82, 2.24) is 0 Å². The van der Waals surface area contributed by atoms with E-state index >= 15 is 0 Å². The number of hydrogen-bond acceptors (Lipinski definition) is 5. The van der Waals surface area contributed by atoms with Crippen LogP contribution in [-0.4, -0.2) is 37.4 Å². The Morgan fingerprint density at radius 3 is 2.32 bits per heavy atom. The molecular formula is C18H18FNO4S. The molecule has 0 spiro atoms. The van der Waals surface area contributed by atoms with E-state index in [9.17, 15) is 14.0 Å². The van der Waals surface area contributed by atoms with Crippen LogP contribution in [0.1, 0.15) is 10.4 Å². The molecule has 0 heterocycles. The number of halogens is 1. The number of Topliss-reactive ketones (excluding diaryl/α,β-unsaturated/α-hetero) is 1. The normalized spacial score (nSPS) is 10.2. The summed E-state index contributed by atoms with van der Waals surface area (Å²) in [6, 6.07) is 10.4. The number of rotatable bonds is 8. The van der Waals surface area contributed by atoms with Gasteiger partial charge in [-0.2, -0.15) is 0 Å². The summed E-state index contributed by atoms with van der Waals surface area (Å²) in [4.78, 5) is 24.0. The summed E-state index contributed by atoms with van der Waals surface area (Å²) in [6.45, 7) is 0. The van der Waals surface area contributed by atoms with Gasteiger partial charge in [-0.3, -0.25) is 9.59 Å². The van der Waals surface area contributed by atoms with E-state index in [-0.39, 0.29) is 29.0 Å². The molecule has 1 N–H and O–H groups in total. The number of amides is 1. The van der Waals surface area contributed by atoms with Gasteiger partial charge in [0.15, 0.2) is 17.3 Å². The molecule has 0 bridgehead atoms. The lowest BCUT2D eigenvalue weighted by atomic mass is 10.1. The minimum Gasteiger partial charge on any atom is -0.493 e. The van der Waals surface area contributed by atoms with Crippen LogP contribution in [0.2, 0.25) is 0 Å². The number of methoxy groups -OCH3 is 2. The molecule has 132 valence electrons. The highest BCUT2D eigenvalue weighted by molar-refractivity contribution is 8.00. The molecule has 7 heteroatoms. The first-order valence-corrected chi connectivity index (χ1v) is 8.57. The molecule has 2 aromatic rings. The van der Waals surface area contributed by atoms with E-state index in [0.717, 1.165) is 0 Å². The van der Waals surface area contributed by atoms with Crippen molar-refractivity contribution in [2.75, 3.05) is 31.0 Å². The first kappa shape index (κ1) is 18.8. The minimum absolute atomic E-state index is 0.111. The van der Waals surface area contributed by atoms with E-state index < -0.39 is 0 Å². The molecule has 0 aliphatic carbocycles. The fourth-order valence-corrected chi connectivity index (χ4v) is 2.77. The van der Waals surface area contributed by atoms with Gasteiger partial charge in [-0.05, 0) is 42.5 Å². The maximum Gasteiger partial charge on any atom is 0.234 e. The van der Waals surface area contributed by atoms with Crippen LogP contribution in [0.15, 0.2) is 42.5 Å². The molecule has 2 aromatic carbocycles. The van der Waals surface area contributed by atoms with E-state index in [2.05, 4.69) is 5.32 Å². The Bertz CT molecular complexity index is 749. The van der Waals surface area contributed by atoms with Crippen molar-refractivity contribution in [1.29, 1.82) is 0 Å². The predicted molar refractivity (Wildman–Crippen MR) is 96.2 cm³/mol. The van der Waals surface area contributed by atoms with Crippen molar-refractivity contribution < 1.29 is 23.5 Å². The average molecular weight is 363 g/mol. The van der Waals surface area contributed by atoms with E-state index in [4.69, 9.17) is 9.47 Å². The molecule has 0 saturated heterocycles. The third-order valence-corrected chi connectivity index (χ3v) is 4.23. The van der Waals surface area contributed by atoms with Gasteiger partial charge in [0.25, 0.3) is 0 Å². The number of benzene rings is 2. The topological polar surface area (TPSA) is 64.6 Å². The predicted octanol–water partition coefficient (Wildman–Crippen LogP) is 3.40. The zero-order valence-corrected chi connectivity index (χ0v) is 14.7. The summed E-state index contributed by atoms with van der Waals surface area (Å²) in [5.74, 6) is 0.575. The van der Waals surface area contributed by atoms with Crippen molar-refractivity contribution in [3.05, 3.63) is 53.8 Å². The summed E-state index contributed by atoms with van der Waals surface area (Å²) in [5, 5.41) is 2.64. The number of carbonyl (C=O) groups is 2. The molecule has 0 atom stereocenters. The van der Waals surface area contributed by atoms with E-state index in [1.807, 2.05) is 0 Å². The van der Waals surface area contributed by atoms with Crippen LogP contribution in [-0.2, 0) is 4.79 Å². The van der Waals surface area contributed by atoms with Gasteiger partial charge in [-0.1, -0.05) is 0 Å². The number of ketones is 1. The van der Waals surface area contributed by atoms with E-state index in [1.54, 1.807) is 18.2 Å². The third kappa shape index (κ3) is 5.49. The highest BCUT2D eigenvalue weighted by Crippen LogP contribution is 2.28. The van der Waals surface area contributed by atoms with Gasteiger partial charge in [0.1, 0.15) is 5.82 Å². The molecule has 0 aliphatic heterocycles. The van der Waals surface area contributed by atoms with Crippen LogP contribution in [0.3, 0.4) is 0 Å². The number of hydrogen-bond donors (Lipinski definition) is 1.